The van der Waals surface area contributed by atoms with Gasteiger partial charge in [0.2, 0.25) is 5.91 Å². The molecule has 3 amide bonds. The maximum Gasteiger partial charge on any atom is 0.417 e. The molecule has 0 bridgehead atoms. The maximum atomic E-state index is 11.7. The molecular weight excluding hydrogens is 236 g/mol. The number of cyclic esters (lactones) is 1. The van der Waals surface area contributed by atoms with E-state index in [0.29, 0.717) is 32.0 Å². The van der Waals surface area contributed by atoms with Crippen molar-refractivity contribution in [1.29, 1.82) is 0 Å². The third kappa shape index (κ3) is 2.63. The first-order valence-electron chi connectivity index (χ1n) is 6.22. The van der Waals surface area contributed by atoms with Crippen LogP contribution in [0.1, 0.15) is 20.3 Å². The highest BCUT2D eigenvalue weighted by Crippen LogP contribution is 2.20. The number of hydrogen-bond donors (Lipinski definition) is 0. The Bertz CT molecular complexity index is 358. The molecule has 18 heavy (non-hydrogen) atoms. The fourth-order valence-electron chi connectivity index (χ4n) is 2.18. The highest BCUT2D eigenvalue weighted by molar-refractivity contribution is 5.97. The number of ether oxygens (including phenoxy) is 1. The lowest BCUT2D eigenvalue weighted by Gasteiger charge is -2.40. The summed E-state index contributed by atoms with van der Waals surface area (Å²) in [4.78, 5) is 37.2. The minimum atomic E-state index is -0.563. The van der Waals surface area contributed by atoms with Gasteiger partial charge in [0.1, 0.15) is 0 Å². The molecule has 0 aromatic rings. The van der Waals surface area contributed by atoms with Crippen LogP contribution in [0.15, 0.2) is 0 Å². The van der Waals surface area contributed by atoms with Gasteiger partial charge in [0.25, 0.3) is 5.91 Å². The quantitative estimate of drug-likeness (QED) is 0.731. The summed E-state index contributed by atoms with van der Waals surface area (Å²) in [5.41, 5.74) is 0. The van der Waals surface area contributed by atoms with Crippen LogP contribution in [-0.2, 0) is 14.3 Å². The predicted molar refractivity (Wildman–Crippen MR) is 62.6 cm³/mol. The summed E-state index contributed by atoms with van der Waals surface area (Å²) in [6.07, 6.45) is -0.0100. The molecule has 2 rings (SSSR count). The van der Waals surface area contributed by atoms with Crippen molar-refractivity contribution >= 4 is 17.9 Å². The van der Waals surface area contributed by atoms with Crippen LogP contribution in [0.25, 0.3) is 0 Å². The fraction of sp³-hybridized carbons (Fsp3) is 0.750. The molecule has 0 radical (unpaired) electrons. The fourth-order valence-corrected chi connectivity index (χ4v) is 2.18. The summed E-state index contributed by atoms with van der Waals surface area (Å²) in [5.74, 6) is 0.408. The van der Waals surface area contributed by atoms with E-state index in [1.54, 1.807) is 4.90 Å². The summed E-state index contributed by atoms with van der Waals surface area (Å²) < 4.78 is 4.63. The van der Waals surface area contributed by atoms with Gasteiger partial charge < -0.3 is 9.64 Å². The number of amides is 3. The van der Waals surface area contributed by atoms with Crippen LogP contribution in [0.2, 0.25) is 0 Å². The van der Waals surface area contributed by atoms with E-state index >= 15 is 0 Å². The number of carbonyl (C=O) groups excluding carboxylic acids is 3. The van der Waals surface area contributed by atoms with E-state index in [2.05, 4.69) is 4.74 Å². The second-order valence-corrected chi connectivity index (χ2v) is 5.32. The van der Waals surface area contributed by atoms with Gasteiger partial charge in [-0.2, -0.15) is 0 Å². The molecule has 2 aliphatic rings. The molecule has 100 valence electrons. The monoisotopic (exact) mass is 254 g/mol. The van der Waals surface area contributed by atoms with Crippen molar-refractivity contribution in [2.24, 2.45) is 11.8 Å². The van der Waals surface area contributed by atoms with Crippen LogP contribution in [0.5, 0.6) is 0 Å². The zero-order chi connectivity index (χ0) is 13.3. The van der Waals surface area contributed by atoms with Gasteiger partial charge >= 0.3 is 6.09 Å². The Balaban J connectivity index is 1.75. The van der Waals surface area contributed by atoms with Gasteiger partial charge in [-0.15, -0.1) is 0 Å². The molecule has 0 spiro atoms. The highest BCUT2D eigenvalue weighted by Gasteiger charge is 2.38. The summed E-state index contributed by atoms with van der Waals surface area (Å²) in [5, 5.41) is 0. The van der Waals surface area contributed by atoms with Crippen LogP contribution in [0.4, 0.5) is 4.79 Å². The first-order valence-corrected chi connectivity index (χ1v) is 6.22. The third-order valence-corrected chi connectivity index (χ3v) is 3.17. The minimum Gasteiger partial charge on any atom is -0.439 e. The van der Waals surface area contributed by atoms with Crippen molar-refractivity contribution in [2.45, 2.75) is 20.3 Å². The standard InChI is InChI=1S/C12H18N2O4/c1-8(2)3-10(15)13-4-9(5-13)6-14-11(16)7-18-12(14)17/h8-9H,3-7H2,1-2H3. The lowest BCUT2D eigenvalue weighted by Crippen LogP contribution is -2.54. The summed E-state index contributed by atoms with van der Waals surface area (Å²) in [6.45, 7) is 5.48. The number of rotatable bonds is 4. The predicted octanol–water partition coefficient (Wildman–Crippen LogP) is 0.470. The van der Waals surface area contributed by atoms with E-state index < -0.39 is 6.09 Å². The number of nitrogens with zero attached hydrogens (tertiary/aromatic N) is 2. The van der Waals surface area contributed by atoms with Crippen molar-refractivity contribution in [3.63, 3.8) is 0 Å². The molecule has 2 heterocycles. The molecule has 2 aliphatic heterocycles. The SMILES string of the molecule is CC(C)CC(=O)N1CC(CN2C(=O)COC2=O)C1. The molecule has 0 aromatic carbocycles. The zero-order valence-corrected chi connectivity index (χ0v) is 10.7. The Labute approximate surface area is 106 Å². The van der Waals surface area contributed by atoms with Gasteiger partial charge in [-0.05, 0) is 5.92 Å². The lowest BCUT2D eigenvalue weighted by molar-refractivity contribution is -0.139. The van der Waals surface area contributed by atoms with Crippen molar-refractivity contribution in [3.8, 4) is 0 Å². The van der Waals surface area contributed by atoms with E-state index in [1.807, 2.05) is 13.8 Å². The first kappa shape index (κ1) is 12.9. The molecule has 6 nitrogen and oxygen atoms in total. The molecule has 6 heteroatoms. The van der Waals surface area contributed by atoms with Crippen LogP contribution in [0.3, 0.4) is 0 Å². The molecule has 2 saturated heterocycles. The Morgan fingerprint density at radius 1 is 1.39 bits per heavy atom. The highest BCUT2D eigenvalue weighted by atomic mass is 16.6. The molecule has 0 atom stereocenters. The molecule has 0 aliphatic carbocycles. The van der Waals surface area contributed by atoms with Gasteiger partial charge in [0, 0.05) is 32.0 Å². The van der Waals surface area contributed by atoms with Crippen molar-refractivity contribution in [3.05, 3.63) is 0 Å². The Morgan fingerprint density at radius 3 is 2.56 bits per heavy atom. The molecule has 0 unspecified atom stereocenters. The Hall–Kier alpha value is -1.59. The number of likely N-dealkylation sites (tertiary alicyclic amines) is 1. The maximum absolute atomic E-state index is 11.7. The third-order valence-electron chi connectivity index (χ3n) is 3.17. The van der Waals surface area contributed by atoms with Crippen LogP contribution < -0.4 is 0 Å². The normalized spacial score (nSPS) is 20.4. The summed E-state index contributed by atoms with van der Waals surface area (Å²) in [6, 6.07) is 0. The average molecular weight is 254 g/mol. The molecular formula is C12H18N2O4. The van der Waals surface area contributed by atoms with Gasteiger partial charge in [0.15, 0.2) is 6.61 Å². The molecule has 2 fully saturated rings. The van der Waals surface area contributed by atoms with Crippen LogP contribution in [-0.4, -0.2) is 53.9 Å². The number of carbonyl (C=O) groups is 3. The molecule has 0 saturated carbocycles. The topological polar surface area (TPSA) is 66.9 Å². The number of hydrogen-bond acceptors (Lipinski definition) is 4. The lowest BCUT2D eigenvalue weighted by atomic mass is 9.98. The molecule has 0 N–H and O–H groups in total. The number of imide groups is 1. The minimum absolute atomic E-state index is 0.150. The summed E-state index contributed by atoms with van der Waals surface area (Å²) in [7, 11) is 0. The Kier molecular flexibility index (Phi) is 3.54. The second kappa shape index (κ2) is 4.96. The van der Waals surface area contributed by atoms with E-state index in [-0.39, 0.29) is 24.3 Å². The summed E-state index contributed by atoms with van der Waals surface area (Å²) >= 11 is 0. The van der Waals surface area contributed by atoms with Crippen LogP contribution >= 0.6 is 0 Å². The van der Waals surface area contributed by atoms with Crippen molar-refractivity contribution in [2.75, 3.05) is 26.2 Å². The second-order valence-electron chi connectivity index (χ2n) is 5.32. The largest absolute Gasteiger partial charge is 0.439 e. The van der Waals surface area contributed by atoms with Crippen molar-refractivity contribution < 1.29 is 19.1 Å². The van der Waals surface area contributed by atoms with Gasteiger partial charge in [-0.1, -0.05) is 13.8 Å². The van der Waals surface area contributed by atoms with E-state index in [4.69, 9.17) is 0 Å². The van der Waals surface area contributed by atoms with Crippen molar-refractivity contribution in [1.82, 2.24) is 9.80 Å². The Morgan fingerprint density at radius 2 is 2.06 bits per heavy atom. The first-order chi connectivity index (χ1) is 8.47. The smallest absolute Gasteiger partial charge is 0.417 e. The van der Waals surface area contributed by atoms with E-state index in [9.17, 15) is 14.4 Å². The van der Waals surface area contributed by atoms with Gasteiger partial charge in [-0.25, -0.2) is 9.69 Å². The van der Waals surface area contributed by atoms with E-state index in [0.717, 1.165) is 4.90 Å². The van der Waals surface area contributed by atoms with Gasteiger partial charge in [0.05, 0.1) is 0 Å². The van der Waals surface area contributed by atoms with Crippen LogP contribution in [0, 0.1) is 11.8 Å². The van der Waals surface area contributed by atoms with E-state index in [1.165, 1.54) is 0 Å². The zero-order valence-electron chi connectivity index (χ0n) is 10.7. The molecule has 0 aromatic heterocycles. The average Bonchev–Trinajstić information content (AvgIpc) is 2.51. The van der Waals surface area contributed by atoms with Gasteiger partial charge in [-0.3, -0.25) is 9.59 Å².